The van der Waals surface area contributed by atoms with Gasteiger partial charge in [-0.2, -0.15) is 0 Å². The highest BCUT2D eigenvalue weighted by atomic mass is 35.5. The monoisotopic (exact) mass is 493 g/mol. The van der Waals surface area contributed by atoms with Gasteiger partial charge in [0.25, 0.3) is 5.69 Å². The maximum atomic E-state index is 13.0. The molecule has 0 fully saturated rings. The van der Waals surface area contributed by atoms with Crippen LogP contribution in [-0.4, -0.2) is 30.8 Å². The summed E-state index contributed by atoms with van der Waals surface area (Å²) in [6, 6.07) is 22.6. The fourth-order valence-electron chi connectivity index (χ4n) is 3.31. The minimum absolute atomic E-state index is 0.0388. The van der Waals surface area contributed by atoms with Crippen LogP contribution in [0.1, 0.15) is 13.3 Å². The lowest BCUT2D eigenvalue weighted by Gasteiger charge is -2.16. The van der Waals surface area contributed by atoms with E-state index in [-0.39, 0.29) is 11.6 Å². The Morgan fingerprint density at radius 2 is 1.82 bits per heavy atom. The van der Waals surface area contributed by atoms with Crippen LogP contribution in [0.4, 0.5) is 11.4 Å². The average Bonchev–Trinajstić information content (AvgIpc) is 3.28. The third-order valence-electron chi connectivity index (χ3n) is 4.99. The molecule has 1 N–H and O–H groups in total. The second-order valence-corrected chi connectivity index (χ2v) is 8.90. The number of amides is 1. The molecular weight excluding hydrogens is 474 g/mol. The summed E-state index contributed by atoms with van der Waals surface area (Å²) in [5.74, 6) is 0.277. The molecule has 8 nitrogen and oxygen atoms in total. The first-order chi connectivity index (χ1) is 16.5. The first kappa shape index (κ1) is 23.5. The molecule has 10 heteroatoms. The Labute approximate surface area is 205 Å². The van der Waals surface area contributed by atoms with Gasteiger partial charge in [0.1, 0.15) is 0 Å². The van der Waals surface area contributed by atoms with Crippen LogP contribution in [0.25, 0.3) is 17.1 Å². The van der Waals surface area contributed by atoms with E-state index in [0.29, 0.717) is 33.7 Å². The third-order valence-corrected chi connectivity index (χ3v) is 6.54. The Balaban J connectivity index is 1.68. The number of thioether (sulfide) groups is 1. The number of anilines is 1. The molecule has 0 bridgehead atoms. The zero-order chi connectivity index (χ0) is 24.1. The molecule has 0 saturated carbocycles. The van der Waals surface area contributed by atoms with Crippen molar-refractivity contribution in [3.05, 3.63) is 94.0 Å². The number of para-hydroxylation sites is 1. The van der Waals surface area contributed by atoms with Gasteiger partial charge in [-0.1, -0.05) is 60.6 Å². The number of nitrogens with zero attached hydrogens (tertiary/aromatic N) is 4. The summed E-state index contributed by atoms with van der Waals surface area (Å²) in [5.41, 5.74) is 1.94. The van der Waals surface area contributed by atoms with Gasteiger partial charge in [0.2, 0.25) is 5.91 Å². The van der Waals surface area contributed by atoms with Gasteiger partial charge in [-0.05, 0) is 42.8 Å². The molecule has 1 unspecified atom stereocenters. The van der Waals surface area contributed by atoms with Crippen LogP contribution in [0.5, 0.6) is 0 Å². The van der Waals surface area contributed by atoms with Gasteiger partial charge in [0.15, 0.2) is 11.0 Å². The second kappa shape index (κ2) is 10.5. The van der Waals surface area contributed by atoms with Gasteiger partial charge >= 0.3 is 0 Å². The Kier molecular flexibility index (Phi) is 7.24. The van der Waals surface area contributed by atoms with E-state index in [2.05, 4.69) is 15.5 Å². The number of non-ortho nitro benzene ring substituents is 1. The fraction of sp³-hybridized carbons (Fsp3) is 0.125. The Hall–Kier alpha value is -3.69. The highest BCUT2D eigenvalue weighted by Gasteiger charge is 2.24. The summed E-state index contributed by atoms with van der Waals surface area (Å²) in [5, 5.41) is 23.5. The molecule has 1 aromatic heterocycles. The van der Waals surface area contributed by atoms with E-state index in [4.69, 9.17) is 11.6 Å². The zero-order valence-electron chi connectivity index (χ0n) is 18.1. The van der Waals surface area contributed by atoms with Gasteiger partial charge < -0.3 is 5.32 Å². The maximum absolute atomic E-state index is 13.0. The lowest BCUT2D eigenvalue weighted by molar-refractivity contribution is -0.384. The molecule has 1 atom stereocenters. The lowest BCUT2D eigenvalue weighted by atomic mass is 10.2. The van der Waals surface area contributed by atoms with Gasteiger partial charge in [0, 0.05) is 34.1 Å². The summed E-state index contributed by atoms with van der Waals surface area (Å²) in [6.07, 6.45) is 0.553. The number of rotatable bonds is 8. The molecule has 0 spiro atoms. The first-order valence-corrected chi connectivity index (χ1v) is 11.7. The zero-order valence-corrected chi connectivity index (χ0v) is 19.7. The first-order valence-electron chi connectivity index (χ1n) is 10.4. The van der Waals surface area contributed by atoms with Crippen molar-refractivity contribution in [2.24, 2.45) is 0 Å². The summed E-state index contributed by atoms with van der Waals surface area (Å²) >= 11 is 7.21. The topological polar surface area (TPSA) is 103 Å². The van der Waals surface area contributed by atoms with Crippen molar-refractivity contribution in [3.8, 4) is 17.1 Å². The third kappa shape index (κ3) is 5.27. The number of hydrogen-bond donors (Lipinski definition) is 1. The van der Waals surface area contributed by atoms with Crippen molar-refractivity contribution >= 4 is 40.6 Å². The molecule has 4 aromatic rings. The van der Waals surface area contributed by atoms with Gasteiger partial charge in [-0.15, -0.1) is 10.2 Å². The number of carbonyl (C=O) groups excluding carboxylic acids is 1. The molecule has 0 aliphatic carbocycles. The predicted molar refractivity (Wildman–Crippen MR) is 133 cm³/mol. The molecule has 1 amide bonds. The number of aromatic nitrogens is 3. The smallest absolute Gasteiger partial charge is 0.270 e. The van der Waals surface area contributed by atoms with Crippen LogP contribution >= 0.6 is 23.4 Å². The maximum Gasteiger partial charge on any atom is 0.270 e. The molecule has 0 radical (unpaired) electrons. The molecule has 172 valence electrons. The number of nitro benzene ring substituents is 1. The number of nitrogens with one attached hydrogen (secondary N) is 1. The van der Waals surface area contributed by atoms with Crippen molar-refractivity contribution in [2.45, 2.75) is 23.8 Å². The quantitative estimate of drug-likeness (QED) is 0.183. The summed E-state index contributed by atoms with van der Waals surface area (Å²) in [6.45, 7) is 1.92. The van der Waals surface area contributed by atoms with E-state index in [1.54, 1.807) is 36.4 Å². The Morgan fingerprint density at radius 3 is 2.50 bits per heavy atom. The van der Waals surface area contributed by atoms with Crippen LogP contribution in [0.2, 0.25) is 5.02 Å². The molecule has 0 saturated heterocycles. The predicted octanol–water partition coefficient (Wildman–Crippen LogP) is 6.01. The van der Waals surface area contributed by atoms with Crippen LogP contribution < -0.4 is 5.32 Å². The Morgan fingerprint density at radius 1 is 1.09 bits per heavy atom. The highest BCUT2D eigenvalue weighted by molar-refractivity contribution is 8.00. The van der Waals surface area contributed by atoms with Crippen molar-refractivity contribution in [3.63, 3.8) is 0 Å². The summed E-state index contributed by atoms with van der Waals surface area (Å²) in [7, 11) is 0. The van der Waals surface area contributed by atoms with Crippen molar-refractivity contribution < 1.29 is 9.72 Å². The minimum Gasteiger partial charge on any atom is -0.325 e. The SMILES string of the molecule is CCC(Sc1nnc(-c2cccc([N+](=O)[O-])c2)n1-c1ccccc1)C(=O)Nc1ccc(Cl)cc1. The van der Waals surface area contributed by atoms with Crippen molar-refractivity contribution in [1.29, 1.82) is 0 Å². The molecule has 4 rings (SSSR count). The van der Waals surface area contributed by atoms with E-state index >= 15 is 0 Å². The molecule has 34 heavy (non-hydrogen) atoms. The number of hydrogen-bond acceptors (Lipinski definition) is 6. The Bertz CT molecular complexity index is 1310. The van der Waals surface area contributed by atoms with Gasteiger partial charge in [-0.25, -0.2) is 0 Å². The number of halogens is 1. The molecular formula is C24H20ClN5O3S. The molecule has 0 aliphatic heterocycles. The molecule has 3 aromatic carbocycles. The van der Waals surface area contributed by atoms with Crippen molar-refractivity contribution in [2.75, 3.05) is 5.32 Å². The van der Waals surface area contributed by atoms with E-state index in [0.717, 1.165) is 5.69 Å². The summed E-state index contributed by atoms with van der Waals surface area (Å²) in [4.78, 5) is 23.8. The lowest BCUT2D eigenvalue weighted by Crippen LogP contribution is -2.25. The minimum atomic E-state index is -0.448. The second-order valence-electron chi connectivity index (χ2n) is 7.30. The van der Waals surface area contributed by atoms with Crippen LogP contribution in [0.15, 0.2) is 84.0 Å². The number of nitro groups is 1. The average molecular weight is 494 g/mol. The fourth-order valence-corrected chi connectivity index (χ4v) is 4.41. The van der Waals surface area contributed by atoms with E-state index in [9.17, 15) is 14.9 Å². The van der Waals surface area contributed by atoms with Gasteiger partial charge in [-0.3, -0.25) is 19.5 Å². The largest absolute Gasteiger partial charge is 0.325 e. The van der Waals surface area contributed by atoms with Crippen molar-refractivity contribution in [1.82, 2.24) is 14.8 Å². The van der Waals surface area contributed by atoms with E-state index in [1.807, 2.05) is 41.8 Å². The highest BCUT2D eigenvalue weighted by Crippen LogP contribution is 2.32. The summed E-state index contributed by atoms with van der Waals surface area (Å²) < 4.78 is 1.81. The van der Waals surface area contributed by atoms with E-state index < -0.39 is 10.2 Å². The van der Waals surface area contributed by atoms with Gasteiger partial charge in [0.05, 0.1) is 10.2 Å². The van der Waals surface area contributed by atoms with Crippen LogP contribution in [0.3, 0.4) is 0 Å². The molecule has 1 heterocycles. The standard InChI is InChI=1S/C24H20ClN5O3S/c1-2-21(23(31)26-18-13-11-17(25)12-14-18)34-24-28-27-22(29(24)19-8-4-3-5-9-19)16-7-6-10-20(15-16)30(32)33/h3-15,21H,2H2,1H3,(H,26,31). The molecule has 0 aliphatic rings. The van der Waals surface area contributed by atoms with Crippen LogP contribution in [0, 0.1) is 10.1 Å². The normalized spacial score (nSPS) is 11.7. The van der Waals surface area contributed by atoms with Crippen LogP contribution in [-0.2, 0) is 4.79 Å². The number of carbonyl (C=O) groups is 1. The number of benzene rings is 3. The van der Waals surface area contributed by atoms with E-state index in [1.165, 1.54) is 23.9 Å².